The third-order valence-electron chi connectivity index (χ3n) is 7.52. The van der Waals surface area contributed by atoms with E-state index in [9.17, 15) is 13.0 Å². The van der Waals surface area contributed by atoms with Crippen molar-refractivity contribution in [2.75, 3.05) is 0 Å². The minimum Gasteiger partial charge on any atom is -0.744 e. The van der Waals surface area contributed by atoms with E-state index in [4.69, 9.17) is 0 Å². The van der Waals surface area contributed by atoms with Gasteiger partial charge in [0.25, 0.3) is 0 Å². The van der Waals surface area contributed by atoms with Crippen LogP contribution < -0.4 is 29.6 Å². The number of benzene rings is 3. The van der Waals surface area contributed by atoms with Gasteiger partial charge < -0.3 is 4.55 Å². The van der Waals surface area contributed by atoms with Crippen molar-refractivity contribution in [1.29, 1.82) is 0 Å². The molecule has 3 unspecified atom stereocenters. The Morgan fingerprint density at radius 2 is 1.00 bits per heavy atom. The van der Waals surface area contributed by atoms with Gasteiger partial charge in [0, 0.05) is 0 Å². The van der Waals surface area contributed by atoms with Crippen molar-refractivity contribution in [1.82, 2.24) is 0 Å². The molecule has 3 aromatic rings. The van der Waals surface area contributed by atoms with E-state index < -0.39 is 10.1 Å². The Balaban J connectivity index is 0.00000481. The summed E-state index contributed by atoms with van der Waals surface area (Å²) in [7, 11) is -4.42. The van der Waals surface area contributed by atoms with Gasteiger partial charge in [-0.2, -0.15) is 0 Å². The van der Waals surface area contributed by atoms with Gasteiger partial charge in [-0.05, 0) is 85.1 Å². The molecule has 194 valence electrons. The summed E-state index contributed by atoms with van der Waals surface area (Å²) in [6.07, 6.45) is 10.2. The second-order valence-corrected chi connectivity index (χ2v) is 11.4. The summed E-state index contributed by atoms with van der Waals surface area (Å²) in [5.74, 6) is 1.50. The van der Waals surface area contributed by atoms with E-state index in [0.29, 0.717) is 17.8 Å². The summed E-state index contributed by atoms with van der Waals surface area (Å²) in [6.45, 7) is 4.51. The second kappa shape index (κ2) is 16.5. The summed E-state index contributed by atoms with van der Waals surface area (Å²) in [6, 6.07) is 28.2. The van der Waals surface area contributed by atoms with Crippen LogP contribution in [0.2, 0.25) is 0 Å². The third kappa shape index (κ3) is 10.3. The SMILES string of the molecule is CCCC(CCCC(CCCC(CC)c1ccccc1)c1ccc(S(=O)(=O)[O-])cc1)c1ccccc1.[Na+]. The van der Waals surface area contributed by atoms with Crippen LogP contribution in [0, 0.1) is 0 Å². The van der Waals surface area contributed by atoms with Crippen molar-refractivity contribution in [2.45, 2.75) is 94.3 Å². The van der Waals surface area contributed by atoms with Crippen LogP contribution in [-0.4, -0.2) is 13.0 Å². The summed E-state index contributed by atoms with van der Waals surface area (Å²) in [4.78, 5) is -0.146. The van der Waals surface area contributed by atoms with Gasteiger partial charge >= 0.3 is 29.6 Å². The summed E-state index contributed by atoms with van der Waals surface area (Å²) < 4.78 is 34.2. The van der Waals surface area contributed by atoms with Crippen LogP contribution >= 0.6 is 0 Å². The zero-order valence-corrected chi connectivity index (χ0v) is 25.6. The maximum Gasteiger partial charge on any atom is 1.00 e. The zero-order chi connectivity index (χ0) is 25.8. The van der Waals surface area contributed by atoms with E-state index in [1.54, 1.807) is 0 Å². The molecule has 3 rings (SSSR count). The maximum absolute atomic E-state index is 11.4. The molecule has 5 heteroatoms. The molecule has 0 fully saturated rings. The average molecular weight is 529 g/mol. The molecule has 0 aromatic heterocycles. The molecule has 37 heavy (non-hydrogen) atoms. The molecule has 3 atom stereocenters. The van der Waals surface area contributed by atoms with Gasteiger partial charge in [0.05, 0.1) is 4.90 Å². The van der Waals surface area contributed by atoms with E-state index in [2.05, 4.69) is 74.5 Å². The Labute approximate surface area is 247 Å². The van der Waals surface area contributed by atoms with Crippen molar-refractivity contribution in [3.8, 4) is 0 Å². The van der Waals surface area contributed by atoms with E-state index in [1.165, 1.54) is 36.1 Å². The number of hydrogen-bond donors (Lipinski definition) is 0. The summed E-state index contributed by atoms with van der Waals surface area (Å²) in [5.41, 5.74) is 3.98. The minimum absolute atomic E-state index is 0. The Bertz CT molecular complexity index is 1120. The number of hydrogen-bond acceptors (Lipinski definition) is 3. The Morgan fingerprint density at radius 3 is 1.43 bits per heavy atom. The van der Waals surface area contributed by atoms with Gasteiger partial charge in [0.2, 0.25) is 0 Å². The molecular weight excluding hydrogens is 487 g/mol. The summed E-state index contributed by atoms with van der Waals surface area (Å²) >= 11 is 0. The molecular formula is C32H41NaO3S. The average Bonchev–Trinajstić information content (AvgIpc) is 2.90. The molecule has 0 bridgehead atoms. The Morgan fingerprint density at radius 1 is 0.595 bits per heavy atom. The molecule has 0 aliphatic carbocycles. The molecule has 0 spiro atoms. The smallest absolute Gasteiger partial charge is 0.744 e. The molecule has 0 N–H and O–H groups in total. The molecule has 0 amide bonds. The normalized spacial score (nSPS) is 13.9. The summed E-state index contributed by atoms with van der Waals surface area (Å²) in [5, 5.41) is 0. The topological polar surface area (TPSA) is 57.2 Å². The van der Waals surface area contributed by atoms with Crippen LogP contribution in [0.25, 0.3) is 0 Å². The standard InChI is InChI=1S/C32H42O3S.Na/c1-3-13-27(29-16-9-6-10-17-29)19-12-21-30(31-22-24-32(25-23-31)36(33,34)35)20-11-18-26(4-2)28-14-7-5-8-15-28;/h5-10,14-17,22-27,30H,3-4,11-13,18-21H2,1-2H3,(H,33,34,35);/q;+1/p-1. The van der Waals surface area contributed by atoms with Crippen molar-refractivity contribution < 1.29 is 42.5 Å². The first-order valence-electron chi connectivity index (χ1n) is 13.6. The van der Waals surface area contributed by atoms with Gasteiger partial charge in [-0.3, -0.25) is 0 Å². The quantitative estimate of drug-likeness (QED) is 0.185. The van der Waals surface area contributed by atoms with E-state index >= 15 is 0 Å². The van der Waals surface area contributed by atoms with Gasteiger partial charge in [0.1, 0.15) is 10.1 Å². The fourth-order valence-electron chi connectivity index (χ4n) is 5.49. The van der Waals surface area contributed by atoms with Gasteiger partial charge in [-0.1, -0.05) is 106 Å². The molecule has 0 aliphatic heterocycles. The fraction of sp³-hybridized carbons (Fsp3) is 0.438. The van der Waals surface area contributed by atoms with Crippen LogP contribution in [0.1, 0.15) is 106 Å². The van der Waals surface area contributed by atoms with Crippen molar-refractivity contribution in [2.24, 2.45) is 0 Å². The van der Waals surface area contributed by atoms with Crippen LogP contribution in [0.5, 0.6) is 0 Å². The van der Waals surface area contributed by atoms with Crippen molar-refractivity contribution in [3.05, 3.63) is 102 Å². The fourth-order valence-corrected chi connectivity index (χ4v) is 5.96. The molecule has 3 nitrogen and oxygen atoms in total. The molecule has 0 saturated carbocycles. The molecule has 0 heterocycles. The molecule has 3 aromatic carbocycles. The van der Waals surface area contributed by atoms with Gasteiger partial charge in [0.15, 0.2) is 0 Å². The van der Waals surface area contributed by atoms with Crippen LogP contribution in [0.15, 0.2) is 89.8 Å². The predicted octanol–water partition coefficient (Wildman–Crippen LogP) is 5.80. The predicted molar refractivity (Wildman–Crippen MR) is 148 cm³/mol. The molecule has 0 radical (unpaired) electrons. The Kier molecular flexibility index (Phi) is 14.2. The maximum atomic E-state index is 11.4. The van der Waals surface area contributed by atoms with Crippen molar-refractivity contribution >= 4 is 10.1 Å². The zero-order valence-electron chi connectivity index (χ0n) is 22.8. The minimum atomic E-state index is -4.42. The molecule has 0 aliphatic rings. The second-order valence-electron chi connectivity index (χ2n) is 9.99. The van der Waals surface area contributed by atoms with Crippen LogP contribution in [0.3, 0.4) is 0 Å². The Hall–Kier alpha value is -1.43. The van der Waals surface area contributed by atoms with Crippen molar-refractivity contribution in [3.63, 3.8) is 0 Å². The first kappa shape index (κ1) is 31.8. The first-order chi connectivity index (χ1) is 17.4. The van der Waals surface area contributed by atoms with E-state index in [-0.39, 0.29) is 34.5 Å². The van der Waals surface area contributed by atoms with E-state index in [0.717, 1.165) is 50.5 Å². The third-order valence-corrected chi connectivity index (χ3v) is 8.37. The van der Waals surface area contributed by atoms with Gasteiger partial charge in [-0.25, -0.2) is 8.42 Å². The van der Waals surface area contributed by atoms with Crippen LogP contribution in [-0.2, 0) is 10.1 Å². The first-order valence-corrected chi connectivity index (χ1v) is 15.0. The van der Waals surface area contributed by atoms with Crippen LogP contribution in [0.4, 0.5) is 0 Å². The monoisotopic (exact) mass is 528 g/mol. The molecule has 0 saturated heterocycles. The van der Waals surface area contributed by atoms with Gasteiger partial charge in [-0.15, -0.1) is 0 Å². The number of rotatable bonds is 15. The van der Waals surface area contributed by atoms with E-state index in [1.807, 2.05) is 12.1 Å². The largest absolute Gasteiger partial charge is 1.00 e.